The van der Waals surface area contributed by atoms with Gasteiger partial charge in [-0.05, 0) is 48.6 Å². The van der Waals surface area contributed by atoms with Gasteiger partial charge in [0.15, 0.2) is 9.84 Å². The Hall–Kier alpha value is -2.97. The van der Waals surface area contributed by atoms with Crippen molar-refractivity contribution in [3.63, 3.8) is 0 Å². The number of carbonyl (C=O) groups excluding carboxylic acids is 1. The molecule has 0 radical (unpaired) electrons. The zero-order chi connectivity index (χ0) is 25.1. The standard InChI is InChI=1S/C28H33N3O4S/c1-35-25-18-22(20-36(33,34)26-10-4-8-23-9-5-13-29-27(23)26)11-12-24(25)28(32)31-16-14-30(15-17-31)19-21-6-2-3-7-21/h4-5,8-13,18,21H,2-3,6-7,14-17,19-20H2,1H3. The summed E-state index contributed by atoms with van der Waals surface area (Å²) in [6, 6.07) is 13.9. The summed E-state index contributed by atoms with van der Waals surface area (Å²) in [6.07, 6.45) is 6.95. The molecule has 5 rings (SSSR count). The first-order valence-corrected chi connectivity index (χ1v) is 14.3. The van der Waals surface area contributed by atoms with E-state index in [-0.39, 0.29) is 16.6 Å². The minimum atomic E-state index is -3.65. The molecule has 0 atom stereocenters. The first-order valence-electron chi connectivity index (χ1n) is 12.7. The van der Waals surface area contributed by atoms with Crippen molar-refractivity contribution in [3.8, 4) is 5.75 Å². The van der Waals surface area contributed by atoms with Crippen molar-refractivity contribution >= 4 is 26.6 Å². The second kappa shape index (κ2) is 10.6. The van der Waals surface area contributed by atoms with Gasteiger partial charge in [0.2, 0.25) is 0 Å². The predicted octanol–water partition coefficient (Wildman–Crippen LogP) is 4.17. The van der Waals surface area contributed by atoms with Crippen LogP contribution in [0.5, 0.6) is 5.75 Å². The summed E-state index contributed by atoms with van der Waals surface area (Å²) in [5.74, 6) is 0.936. The Morgan fingerprint density at radius 3 is 2.53 bits per heavy atom. The lowest BCUT2D eigenvalue weighted by molar-refractivity contribution is 0.0615. The zero-order valence-electron chi connectivity index (χ0n) is 20.7. The van der Waals surface area contributed by atoms with E-state index >= 15 is 0 Å². The lowest BCUT2D eigenvalue weighted by Crippen LogP contribution is -2.49. The van der Waals surface area contributed by atoms with Crippen LogP contribution in [0.4, 0.5) is 0 Å². The molecule has 0 spiro atoms. The van der Waals surface area contributed by atoms with Crippen LogP contribution in [0, 0.1) is 5.92 Å². The van der Waals surface area contributed by atoms with Crippen LogP contribution in [0.3, 0.4) is 0 Å². The number of fused-ring (bicyclic) bond motifs is 1. The summed E-state index contributed by atoms with van der Waals surface area (Å²) in [5, 5.41) is 0.778. The third-order valence-electron chi connectivity index (χ3n) is 7.43. The number of carbonyl (C=O) groups is 1. The van der Waals surface area contributed by atoms with Crippen LogP contribution in [-0.2, 0) is 15.6 Å². The molecule has 0 bridgehead atoms. The van der Waals surface area contributed by atoms with Crippen molar-refractivity contribution in [1.29, 1.82) is 0 Å². The van der Waals surface area contributed by atoms with E-state index in [9.17, 15) is 13.2 Å². The smallest absolute Gasteiger partial charge is 0.257 e. The molecule has 0 N–H and O–H groups in total. The Bertz CT molecular complexity index is 1340. The summed E-state index contributed by atoms with van der Waals surface area (Å²) in [4.78, 5) is 22.1. The third kappa shape index (κ3) is 5.25. The van der Waals surface area contributed by atoms with Crippen molar-refractivity contribution < 1.29 is 17.9 Å². The van der Waals surface area contributed by atoms with Crippen LogP contribution in [0.1, 0.15) is 41.6 Å². The van der Waals surface area contributed by atoms with Crippen molar-refractivity contribution in [2.75, 3.05) is 39.8 Å². The monoisotopic (exact) mass is 507 g/mol. The predicted molar refractivity (Wildman–Crippen MR) is 140 cm³/mol. The van der Waals surface area contributed by atoms with Crippen LogP contribution in [0.2, 0.25) is 0 Å². The average molecular weight is 508 g/mol. The minimum absolute atomic E-state index is 0.0694. The normalized spacial score (nSPS) is 17.5. The second-order valence-electron chi connectivity index (χ2n) is 9.87. The van der Waals surface area contributed by atoms with E-state index in [1.54, 1.807) is 42.6 Å². The summed E-state index contributed by atoms with van der Waals surface area (Å²) in [7, 11) is -2.14. The van der Waals surface area contributed by atoms with E-state index in [1.165, 1.54) is 32.8 Å². The number of amides is 1. The minimum Gasteiger partial charge on any atom is -0.496 e. The maximum atomic E-state index is 13.3. The molecular formula is C28H33N3O4S. The SMILES string of the molecule is COc1cc(CS(=O)(=O)c2cccc3cccnc23)ccc1C(=O)N1CCN(CC2CCCC2)CC1. The Morgan fingerprint density at radius 2 is 1.78 bits per heavy atom. The van der Waals surface area contributed by atoms with E-state index < -0.39 is 9.84 Å². The van der Waals surface area contributed by atoms with Crippen LogP contribution >= 0.6 is 0 Å². The van der Waals surface area contributed by atoms with E-state index in [2.05, 4.69) is 9.88 Å². The molecule has 1 aliphatic carbocycles. The van der Waals surface area contributed by atoms with Gasteiger partial charge < -0.3 is 9.64 Å². The third-order valence-corrected chi connectivity index (χ3v) is 9.15. The number of aromatic nitrogens is 1. The summed E-state index contributed by atoms with van der Waals surface area (Å²) < 4.78 is 32.1. The Balaban J connectivity index is 1.29. The van der Waals surface area contributed by atoms with Gasteiger partial charge in [0.05, 0.1) is 28.8 Å². The highest BCUT2D eigenvalue weighted by Gasteiger charge is 2.27. The number of sulfone groups is 1. The van der Waals surface area contributed by atoms with E-state index in [1.807, 2.05) is 17.0 Å². The van der Waals surface area contributed by atoms with Crippen LogP contribution < -0.4 is 4.74 Å². The van der Waals surface area contributed by atoms with Gasteiger partial charge in [-0.15, -0.1) is 0 Å². The summed E-state index contributed by atoms with van der Waals surface area (Å²) in [5.41, 5.74) is 1.50. The van der Waals surface area contributed by atoms with Crippen LogP contribution in [0.15, 0.2) is 59.6 Å². The molecule has 1 aromatic heterocycles. The lowest BCUT2D eigenvalue weighted by Gasteiger charge is -2.36. The van der Waals surface area contributed by atoms with Crippen molar-refractivity contribution in [2.24, 2.45) is 5.92 Å². The molecule has 7 nitrogen and oxygen atoms in total. The topological polar surface area (TPSA) is 79.8 Å². The highest BCUT2D eigenvalue weighted by atomic mass is 32.2. The zero-order valence-corrected chi connectivity index (χ0v) is 21.5. The fourth-order valence-corrected chi connectivity index (χ4v) is 7.01. The Labute approximate surface area is 213 Å². The lowest BCUT2D eigenvalue weighted by atomic mass is 10.1. The number of methoxy groups -OCH3 is 1. The Kier molecular flexibility index (Phi) is 7.25. The number of benzene rings is 2. The van der Waals surface area contributed by atoms with Gasteiger partial charge >= 0.3 is 0 Å². The maximum Gasteiger partial charge on any atom is 0.257 e. The molecule has 1 saturated carbocycles. The van der Waals surface area contributed by atoms with Crippen molar-refractivity contribution in [2.45, 2.75) is 36.3 Å². The van der Waals surface area contributed by atoms with E-state index in [0.717, 1.165) is 30.9 Å². The summed E-state index contributed by atoms with van der Waals surface area (Å²) in [6.45, 7) is 4.30. The molecular weight excluding hydrogens is 474 g/mol. The number of ether oxygens (including phenoxy) is 1. The highest BCUT2D eigenvalue weighted by Crippen LogP contribution is 2.29. The average Bonchev–Trinajstić information content (AvgIpc) is 3.41. The molecule has 2 heterocycles. The van der Waals surface area contributed by atoms with Crippen LogP contribution in [-0.4, -0.2) is 68.9 Å². The van der Waals surface area contributed by atoms with Gasteiger partial charge in [-0.25, -0.2) is 8.42 Å². The quantitative estimate of drug-likeness (QED) is 0.478. The molecule has 1 amide bonds. The van der Waals surface area contributed by atoms with Gasteiger partial charge in [0.1, 0.15) is 5.75 Å². The molecule has 2 aliphatic rings. The molecule has 3 aromatic rings. The largest absolute Gasteiger partial charge is 0.496 e. The number of piperazine rings is 1. The van der Waals surface area contributed by atoms with Gasteiger partial charge in [-0.3, -0.25) is 14.7 Å². The molecule has 2 fully saturated rings. The highest BCUT2D eigenvalue weighted by molar-refractivity contribution is 7.90. The number of nitrogens with zero attached hydrogens (tertiary/aromatic N) is 3. The number of pyridine rings is 1. The molecule has 1 aliphatic heterocycles. The first kappa shape index (κ1) is 24.7. The molecule has 0 unspecified atom stereocenters. The van der Waals surface area contributed by atoms with E-state index in [4.69, 9.17) is 4.74 Å². The number of rotatable bonds is 7. The van der Waals surface area contributed by atoms with Crippen LogP contribution in [0.25, 0.3) is 10.9 Å². The van der Waals surface area contributed by atoms with Gasteiger partial charge in [-0.2, -0.15) is 0 Å². The molecule has 190 valence electrons. The van der Waals surface area contributed by atoms with Gasteiger partial charge in [-0.1, -0.05) is 37.1 Å². The number of para-hydroxylation sites is 1. The maximum absolute atomic E-state index is 13.3. The fraction of sp³-hybridized carbons (Fsp3) is 0.429. The summed E-state index contributed by atoms with van der Waals surface area (Å²) >= 11 is 0. The first-order chi connectivity index (χ1) is 17.4. The van der Waals surface area contributed by atoms with Gasteiger partial charge in [0.25, 0.3) is 5.91 Å². The molecule has 1 saturated heterocycles. The second-order valence-corrected chi connectivity index (χ2v) is 11.8. The number of hydrogen-bond donors (Lipinski definition) is 0. The van der Waals surface area contributed by atoms with Crippen molar-refractivity contribution in [1.82, 2.24) is 14.8 Å². The molecule has 8 heteroatoms. The molecule has 2 aromatic carbocycles. The fourth-order valence-electron chi connectivity index (χ4n) is 5.49. The number of hydrogen-bond acceptors (Lipinski definition) is 6. The Morgan fingerprint density at radius 1 is 1.03 bits per heavy atom. The molecule has 36 heavy (non-hydrogen) atoms. The van der Waals surface area contributed by atoms with E-state index in [0.29, 0.717) is 35.5 Å². The van der Waals surface area contributed by atoms with Crippen molar-refractivity contribution in [3.05, 3.63) is 65.9 Å². The van der Waals surface area contributed by atoms with Gasteiger partial charge in [0, 0.05) is 44.3 Å².